The molecule has 36 heavy (non-hydrogen) atoms. The summed E-state index contributed by atoms with van der Waals surface area (Å²) in [5.74, 6) is 0.401. The van der Waals surface area contributed by atoms with E-state index in [1.165, 1.54) is 4.90 Å². The summed E-state index contributed by atoms with van der Waals surface area (Å²) in [5.41, 5.74) is 2.21. The van der Waals surface area contributed by atoms with Gasteiger partial charge in [-0.3, -0.25) is 9.59 Å². The summed E-state index contributed by atoms with van der Waals surface area (Å²) in [4.78, 5) is 27.4. The molecular weight excluding hydrogens is 476 g/mol. The Morgan fingerprint density at radius 3 is 2.28 bits per heavy atom. The molecule has 1 heterocycles. The van der Waals surface area contributed by atoms with Crippen molar-refractivity contribution in [1.82, 2.24) is 14.7 Å². The predicted molar refractivity (Wildman–Crippen MR) is 141 cm³/mol. The van der Waals surface area contributed by atoms with Gasteiger partial charge in [-0.25, -0.2) is 4.68 Å². The molecule has 0 atom stereocenters. The van der Waals surface area contributed by atoms with Crippen molar-refractivity contribution in [1.29, 1.82) is 0 Å². The highest BCUT2D eigenvalue weighted by Gasteiger charge is 2.22. The second-order valence-corrected chi connectivity index (χ2v) is 8.82. The lowest BCUT2D eigenvalue weighted by atomic mass is 10.1. The SMILES string of the molecule is CC(C)N(CC(=O)Nc1cc(-c2ccccc2)nn1-c1ccccc1Cl)C(=O)COc1ccccc1. The summed E-state index contributed by atoms with van der Waals surface area (Å²) < 4.78 is 7.19. The molecule has 0 fully saturated rings. The third-order valence-corrected chi connectivity index (χ3v) is 5.81. The predicted octanol–water partition coefficient (Wildman–Crippen LogP) is 5.45. The third kappa shape index (κ3) is 6.12. The monoisotopic (exact) mass is 502 g/mol. The van der Waals surface area contributed by atoms with Crippen LogP contribution in [0.2, 0.25) is 5.02 Å². The van der Waals surface area contributed by atoms with Gasteiger partial charge in [0, 0.05) is 17.7 Å². The molecule has 4 rings (SSSR count). The molecule has 184 valence electrons. The maximum Gasteiger partial charge on any atom is 0.261 e. The standard InChI is InChI=1S/C28H27ClN4O3/c1-20(2)32(28(35)19-36-22-13-7-4-8-14-22)18-27(34)30-26-17-24(21-11-5-3-6-12-21)31-33(26)25-16-10-9-15-23(25)29/h3-17,20H,18-19H2,1-2H3,(H,30,34). The molecule has 0 saturated heterocycles. The highest BCUT2D eigenvalue weighted by molar-refractivity contribution is 6.32. The number of hydrogen-bond acceptors (Lipinski definition) is 4. The molecule has 7 nitrogen and oxygen atoms in total. The van der Waals surface area contributed by atoms with Gasteiger partial charge >= 0.3 is 0 Å². The Morgan fingerprint density at radius 2 is 1.61 bits per heavy atom. The van der Waals surface area contributed by atoms with E-state index in [2.05, 4.69) is 5.32 Å². The first-order valence-corrected chi connectivity index (χ1v) is 12.0. The molecule has 8 heteroatoms. The van der Waals surface area contributed by atoms with E-state index in [0.29, 0.717) is 28.0 Å². The van der Waals surface area contributed by atoms with Crippen LogP contribution in [-0.2, 0) is 9.59 Å². The van der Waals surface area contributed by atoms with Gasteiger partial charge in [0.2, 0.25) is 5.91 Å². The summed E-state index contributed by atoms with van der Waals surface area (Å²) in [6.45, 7) is 3.42. The maximum absolute atomic E-state index is 13.1. The number of benzene rings is 3. The lowest BCUT2D eigenvalue weighted by Crippen LogP contribution is -2.44. The van der Waals surface area contributed by atoms with E-state index >= 15 is 0 Å². The molecule has 0 bridgehead atoms. The number of carbonyl (C=O) groups excluding carboxylic acids is 2. The Balaban J connectivity index is 1.53. The number of rotatable bonds is 9. The molecule has 0 unspecified atom stereocenters. The van der Waals surface area contributed by atoms with Crippen LogP contribution < -0.4 is 10.1 Å². The van der Waals surface area contributed by atoms with Crippen LogP contribution >= 0.6 is 11.6 Å². The summed E-state index contributed by atoms with van der Waals surface area (Å²) >= 11 is 6.43. The number of para-hydroxylation sites is 2. The second kappa shape index (κ2) is 11.6. The molecular formula is C28H27ClN4O3. The Labute approximate surface area is 215 Å². The fourth-order valence-electron chi connectivity index (χ4n) is 3.67. The number of amides is 2. The van der Waals surface area contributed by atoms with Crippen LogP contribution in [0.4, 0.5) is 5.82 Å². The molecule has 0 spiro atoms. The minimum atomic E-state index is -0.357. The summed E-state index contributed by atoms with van der Waals surface area (Å²) in [5, 5.41) is 8.10. The summed E-state index contributed by atoms with van der Waals surface area (Å²) in [7, 11) is 0. The van der Waals surface area contributed by atoms with Crippen LogP contribution in [0.5, 0.6) is 5.75 Å². The number of anilines is 1. The molecule has 0 aliphatic rings. The van der Waals surface area contributed by atoms with Crippen molar-refractivity contribution in [3.8, 4) is 22.7 Å². The summed E-state index contributed by atoms with van der Waals surface area (Å²) in [6.07, 6.45) is 0. The average Bonchev–Trinajstić information content (AvgIpc) is 3.30. The van der Waals surface area contributed by atoms with Crippen LogP contribution in [0.1, 0.15) is 13.8 Å². The molecule has 4 aromatic rings. The highest BCUT2D eigenvalue weighted by atomic mass is 35.5. The zero-order valence-corrected chi connectivity index (χ0v) is 20.9. The number of hydrogen-bond donors (Lipinski definition) is 1. The van der Waals surface area contributed by atoms with Gasteiger partial charge in [0.05, 0.1) is 16.4 Å². The molecule has 0 aliphatic carbocycles. The summed E-state index contributed by atoms with van der Waals surface area (Å²) in [6, 6.07) is 27.6. The molecule has 2 amide bonds. The number of nitrogens with one attached hydrogen (secondary N) is 1. The zero-order valence-electron chi connectivity index (χ0n) is 20.1. The first-order chi connectivity index (χ1) is 17.4. The van der Waals surface area contributed by atoms with Crippen molar-refractivity contribution < 1.29 is 14.3 Å². The zero-order chi connectivity index (χ0) is 25.5. The first kappa shape index (κ1) is 25.0. The van der Waals surface area contributed by atoms with Crippen molar-refractivity contribution in [3.63, 3.8) is 0 Å². The molecule has 3 aromatic carbocycles. The number of halogens is 1. The first-order valence-electron chi connectivity index (χ1n) is 11.6. The molecule has 0 aliphatic heterocycles. The lowest BCUT2D eigenvalue weighted by Gasteiger charge is -2.26. The van der Waals surface area contributed by atoms with Gasteiger partial charge in [-0.2, -0.15) is 5.10 Å². The quantitative estimate of drug-likeness (QED) is 0.330. The molecule has 0 saturated carbocycles. The molecule has 0 radical (unpaired) electrons. The van der Waals surface area contributed by atoms with E-state index in [1.807, 2.05) is 80.6 Å². The Morgan fingerprint density at radius 1 is 0.972 bits per heavy atom. The second-order valence-electron chi connectivity index (χ2n) is 8.41. The fraction of sp³-hybridized carbons (Fsp3) is 0.179. The van der Waals surface area contributed by atoms with Gasteiger partial charge in [-0.15, -0.1) is 0 Å². The number of ether oxygens (including phenoxy) is 1. The topological polar surface area (TPSA) is 76.5 Å². The van der Waals surface area contributed by atoms with Crippen molar-refractivity contribution >= 4 is 29.2 Å². The third-order valence-electron chi connectivity index (χ3n) is 5.49. The van der Waals surface area contributed by atoms with Gasteiger partial charge in [0.25, 0.3) is 5.91 Å². The van der Waals surface area contributed by atoms with E-state index < -0.39 is 0 Å². The minimum Gasteiger partial charge on any atom is -0.484 e. The van der Waals surface area contributed by atoms with Crippen LogP contribution in [0.3, 0.4) is 0 Å². The van der Waals surface area contributed by atoms with Crippen LogP contribution in [-0.4, -0.2) is 45.7 Å². The van der Waals surface area contributed by atoms with Gasteiger partial charge in [-0.1, -0.05) is 72.3 Å². The van der Waals surface area contributed by atoms with Crippen LogP contribution in [0.25, 0.3) is 16.9 Å². The largest absolute Gasteiger partial charge is 0.484 e. The van der Waals surface area contributed by atoms with E-state index in [0.717, 1.165) is 5.56 Å². The van der Waals surface area contributed by atoms with Crippen LogP contribution in [0, 0.1) is 0 Å². The lowest BCUT2D eigenvalue weighted by molar-refractivity contribution is -0.138. The Bertz CT molecular complexity index is 1320. The van der Waals surface area contributed by atoms with Crippen molar-refractivity contribution in [2.75, 3.05) is 18.5 Å². The van der Waals surface area contributed by atoms with E-state index in [1.54, 1.807) is 28.9 Å². The van der Waals surface area contributed by atoms with Gasteiger partial charge in [-0.05, 0) is 38.1 Å². The Kier molecular flexibility index (Phi) is 8.02. The van der Waals surface area contributed by atoms with Gasteiger partial charge < -0.3 is 15.0 Å². The molecule has 1 N–H and O–H groups in total. The Hall–Kier alpha value is -4.10. The number of carbonyl (C=O) groups is 2. The van der Waals surface area contributed by atoms with E-state index in [9.17, 15) is 9.59 Å². The number of nitrogens with zero attached hydrogens (tertiary/aromatic N) is 3. The smallest absolute Gasteiger partial charge is 0.261 e. The fourth-order valence-corrected chi connectivity index (χ4v) is 3.88. The van der Waals surface area contributed by atoms with Gasteiger partial charge in [0.15, 0.2) is 6.61 Å². The van der Waals surface area contributed by atoms with Gasteiger partial charge in [0.1, 0.15) is 18.1 Å². The van der Waals surface area contributed by atoms with Crippen molar-refractivity contribution in [2.24, 2.45) is 0 Å². The normalized spacial score (nSPS) is 10.8. The maximum atomic E-state index is 13.1. The van der Waals surface area contributed by atoms with E-state index in [4.69, 9.17) is 21.4 Å². The minimum absolute atomic E-state index is 0.136. The highest BCUT2D eigenvalue weighted by Crippen LogP contribution is 2.28. The van der Waals surface area contributed by atoms with Crippen LogP contribution in [0.15, 0.2) is 91.0 Å². The average molecular weight is 503 g/mol. The molecule has 1 aromatic heterocycles. The van der Waals surface area contributed by atoms with Crippen molar-refractivity contribution in [3.05, 3.63) is 96.0 Å². The van der Waals surface area contributed by atoms with E-state index in [-0.39, 0.29) is 31.0 Å². The van der Waals surface area contributed by atoms with Crippen molar-refractivity contribution in [2.45, 2.75) is 19.9 Å². The number of aromatic nitrogens is 2.